The summed E-state index contributed by atoms with van der Waals surface area (Å²) in [7, 11) is 0. The van der Waals surface area contributed by atoms with E-state index >= 15 is 0 Å². The van der Waals surface area contributed by atoms with Crippen molar-refractivity contribution < 1.29 is 9.72 Å². The van der Waals surface area contributed by atoms with Crippen LogP contribution in [0.15, 0.2) is 12.3 Å². The number of aryl methyl sites for hydroxylation is 1. The number of aromatic nitrogens is 1. The van der Waals surface area contributed by atoms with Crippen molar-refractivity contribution in [1.29, 1.82) is 0 Å². The van der Waals surface area contributed by atoms with Gasteiger partial charge in [-0.1, -0.05) is 0 Å². The highest BCUT2D eigenvalue weighted by Gasteiger charge is 2.19. The minimum absolute atomic E-state index is 0.0431. The number of nitrogens with one attached hydrogen (secondary N) is 2. The molecule has 1 unspecified atom stereocenters. The zero-order valence-corrected chi connectivity index (χ0v) is 12.3. The van der Waals surface area contributed by atoms with E-state index in [-0.39, 0.29) is 11.6 Å². The summed E-state index contributed by atoms with van der Waals surface area (Å²) in [5.41, 5.74) is 0.310. The van der Waals surface area contributed by atoms with Crippen LogP contribution in [0.25, 0.3) is 0 Å². The Morgan fingerprint density at radius 3 is 3.05 bits per heavy atom. The zero-order chi connectivity index (χ0) is 15.2. The number of amides is 1. The minimum atomic E-state index is -0.476. The molecule has 1 atom stereocenters. The molecule has 2 heterocycles. The van der Waals surface area contributed by atoms with Crippen LogP contribution in [0.3, 0.4) is 0 Å². The third-order valence-corrected chi connectivity index (χ3v) is 3.90. The molecule has 1 aromatic heterocycles. The number of nitrogens with zero attached hydrogens (tertiary/aromatic N) is 2. The van der Waals surface area contributed by atoms with Gasteiger partial charge in [0.15, 0.2) is 0 Å². The van der Waals surface area contributed by atoms with E-state index < -0.39 is 4.92 Å². The van der Waals surface area contributed by atoms with Gasteiger partial charge in [-0.3, -0.25) is 14.9 Å². The predicted molar refractivity (Wildman–Crippen MR) is 79.3 cm³/mol. The molecule has 1 fully saturated rings. The van der Waals surface area contributed by atoms with E-state index in [4.69, 9.17) is 0 Å². The molecule has 0 aromatic carbocycles. The molecule has 0 saturated carbocycles. The van der Waals surface area contributed by atoms with Gasteiger partial charge in [-0.05, 0) is 45.2 Å². The molecule has 0 bridgehead atoms. The van der Waals surface area contributed by atoms with Crippen LogP contribution in [-0.2, 0) is 6.54 Å². The molecule has 116 valence electrons. The average molecular weight is 294 g/mol. The normalized spacial score (nSPS) is 18.4. The zero-order valence-electron chi connectivity index (χ0n) is 12.3. The number of hydrogen-bond acceptors (Lipinski definition) is 4. The van der Waals surface area contributed by atoms with Crippen molar-refractivity contribution in [1.82, 2.24) is 15.2 Å². The lowest BCUT2D eigenvalue weighted by Crippen LogP contribution is -2.33. The second-order valence-corrected chi connectivity index (χ2v) is 5.38. The van der Waals surface area contributed by atoms with E-state index in [1.165, 1.54) is 25.1 Å². The summed E-state index contributed by atoms with van der Waals surface area (Å²) in [6.45, 7) is 5.08. The molecular formula is C14H22N4O3. The van der Waals surface area contributed by atoms with Crippen molar-refractivity contribution in [2.75, 3.05) is 19.6 Å². The molecule has 1 aliphatic heterocycles. The van der Waals surface area contributed by atoms with Gasteiger partial charge in [0.1, 0.15) is 5.69 Å². The molecule has 0 spiro atoms. The van der Waals surface area contributed by atoms with E-state index in [0.717, 1.165) is 19.5 Å². The Hall–Kier alpha value is -1.89. The summed E-state index contributed by atoms with van der Waals surface area (Å²) in [5.74, 6) is 0.361. The van der Waals surface area contributed by atoms with Gasteiger partial charge in [-0.15, -0.1) is 0 Å². The second kappa shape index (κ2) is 7.21. The van der Waals surface area contributed by atoms with Gasteiger partial charge in [0, 0.05) is 19.2 Å². The maximum Gasteiger partial charge on any atom is 0.287 e. The molecule has 0 aliphatic carbocycles. The first-order valence-electron chi connectivity index (χ1n) is 7.45. The van der Waals surface area contributed by atoms with Crippen LogP contribution in [0.4, 0.5) is 5.69 Å². The van der Waals surface area contributed by atoms with Gasteiger partial charge in [0.2, 0.25) is 0 Å². The van der Waals surface area contributed by atoms with Crippen molar-refractivity contribution in [3.8, 4) is 0 Å². The smallest absolute Gasteiger partial charge is 0.287 e. The summed E-state index contributed by atoms with van der Waals surface area (Å²) >= 11 is 0. The first kappa shape index (κ1) is 15.5. The molecule has 0 radical (unpaired) electrons. The summed E-state index contributed by atoms with van der Waals surface area (Å²) in [4.78, 5) is 22.4. The van der Waals surface area contributed by atoms with Crippen LogP contribution in [0, 0.1) is 16.0 Å². The summed E-state index contributed by atoms with van der Waals surface area (Å²) in [5, 5.41) is 17.0. The molecule has 2 rings (SSSR count). The molecule has 1 amide bonds. The predicted octanol–water partition coefficient (Wildman–Crippen LogP) is 1.54. The fraction of sp³-hybridized carbons (Fsp3) is 0.643. The van der Waals surface area contributed by atoms with Crippen molar-refractivity contribution in [2.24, 2.45) is 5.92 Å². The molecular weight excluding hydrogens is 272 g/mol. The van der Waals surface area contributed by atoms with Crippen LogP contribution in [0.1, 0.15) is 36.7 Å². The Labute approximate surface area is 123 Å². The number of rotatable bonds is 6. The van der Waals surface area contributed by atoms with Crippen LogP contribution < -0.4 is 10.6 Å². The monoisotopic (exact) mass is 294 g/mol. The van der Waals surface area contributed by atoms with E-state index in [1.54, 1.807) is 4.57 Å². The molecule has 7 heteroatoms. The highest BCUT2D eigenvalue weighted by molar-refractivity contribution is 5.93. The van der Waals surface area contributed by atoms with Crippen molar-refractivity contribution in [3.05, 3.63) is 28.1 Å². The van der Waals surface area contributed by atoms with Gasteiger partial charge < -0.3 is 15.2 Å². The highest BCUT2D eigenvalue weighted by atomic mass is 16.6. The van der Waals surface area contributed by atoms with Gasteiger partial charge in [0.25, 0.3) is 11.6 Å². The largest absolute Gasteiger partial charge is 0.351 e. The fourth-order valence-electron chi connectivity index (χ4n) is 2.70. The Bertz CT molecular complexity index is 506. The van der Waals surface area contributed by atoms with Crippen molar-refractivity contribution in [3.63, 3.8) is 0 Å². The Morgan fingerprint density at radius 1 is 1.62 bits per heavy atom. The van der Waals surface area contributed by atoms with E-state index in [9.17, 15) is 14.9 Å². The molecule has 7 nitrogen and oxygen atoms in total. The lowest BCUT2D eigenvalue weighted by Gasteiger charge is -2.22. The Morgan fingerprint density at radius 2 is 2.43 bits per heavy atom. The van der Waals surface area contributed by atoms with Crippen LogP contribution in [-0.4, -0.2) is 35.0 Å². The molecule has 1 aromatic rings. The average Bonchev–Trinajstić information content (AvgIpc) is 2.93. The first-order chi connectivity index (χ1) is 10.1. The minimum Gasteiger partial charge on any atom is -0.351 e. The molecule has 21 heavy (non-hydrogen) atoms. The first-order valence-corrected chi connectivity index (χ1v) is 7.45. The third kappa shape index (κ3) is 4.04. The topological polar surface area (TPSA) is 89.2 Å². The maximum atomic E-state index is 12.1. The van der Waals surface area contributed by atoms with Crippen LogP contribution >= 0.6 is 0 Å². The standard InChI is InChI=1S/C14H22N4O3/c1-2-17-10-12(18(20)21)8-13(17)14(19)16-7-5-11-4-3-6-15-9-11/h8,10-11,15H,2-7,9H2,1H3,(H,16,19). The van der Waals surface area contributed by atoms with Gasteiger partial charge in [0.05, 0.1) is 11.1 Å². The summed E-state index contributed by atoms with van der Waals surface area (Å²) < 4.78 is 1.61. The number of carbonyl (C=O) groups excluding carboxylic acids is 1. The lowest BCUT2D eigenvalue weighted by atomic mass is 9.96. The van der Waals surface area contributed by atoms with Crippen LogP contribution in [0.2, 0.25) is 0 Å². The number of nitro groups is 1. The second-order valence-electron chi connectivity index (χ2n) is 5.38. The van der Waals surface area contributed by atoms with Crippen molar-refractivity contribution in [2.45, 2.75) is 32.7 Å². The summed E-state index contributed by atoms with van der Waals surface area (Å²) in [6.07, 6.45) is 4.72. The van der Waals surface area contributed by atoms with E-state index in [0.29, 0.717) is 24.7 Å². The molecule has 1 saturated heterocycles. The number of carbonyl (C=O) groups is 1. The molecule has 2 N–H and O–H groups in total. The maximum absolute atomic E-state index is 12.1. The lowest BCUT2D eigenvalue weighted by molar-refractivity contribution is -0.384. The van der Waals surface area contributed by atoms with E-state index in [1.807, 2.05) is 6.92 Å². The Kier molecular flexibility index (Phi) is 5.32. The van der Waals surface area contributed by atoms with Crippen molar-refractivity contribution >= 4 is 11.6 Å². The highest BCUT2D eigenvalue weighted by Crippen LogP contribution is 2.17. The van der Waals surface area contributed by atoms with Crippen LogP contribution in [0.5, 0.6) is 0 Å². The third-order valence-electron chi connectivity index (χ3n) is 3.90. The number of piperidine rings is 1. The van der Waals surface area contributed by atoms with E-state index in [2.05, 4.69) is 10.6 Å². The number of hydrogen-bond donors (Lipinski definition) is 2. The fourth-order valence-corrected chi connectivity index (χ4v) is 2.70. The summed E-state index contributed by atoms with van der Waals surface area (Å²) in [6, 6.07) is 1.33. The van der Waals surface area contributed by atoms with Gasteiger partial charge in [-0.2, -0.15) is 0 Å². The van der Waals surface area contributed by atoms with Gasteiger partial charge in [-0.25, -0.2) is 0 Å². The van der Waals surface area contributed by atoms with Gasteiger partial charge >= 0.3 is 0 Å². The SMILES string of the molecule is CCn1cc([N+](=O)[O-])cc1C(=O)NCCC1CCCNC1. The quantitative estimate of drug-likeness (QED) is 0.615. The molecule has 1 aliphatic rings. The Balaban J connectivity index is 1.88.